The fraction of sp³-hybridized carbons (Fsp3) is 0.538. The van der Waals surface area contributed by atoms with E-state index in [1.807, 2.05) is 7.05 Å². The van der Waals surface area contributed by atoms with Crippen molar-refractivity contribution in [2.45, 2.75) is 23.8 Å². The fourth-order valence-electron chi connectivity index (χ4n) is 2.43. The molecule has 0 saturated carbocycles. The lowest BCUT2D eigenvalue weighted by atomic mass is 10.1. The highest BCUT2D eigenvalue weighted by Crippen LogP contribution is 2.26. The molecule has 0 aromatic heterocycles. The van der Waals surface area contributed by atoms with Gasteiger partial charge in [0.25, 0.3) is 0 Å². The molecule has 0 radical (unpaired) electrons. The Morgan fingerprint density at radius 3 is 2.20 bits per heavy atom. The van der Waals surface area contributed by atoms with E-state index >= 15 is 0 Å². The number of likely N-dealkylation sites (tertiary alicyclic amines) is 1. The molecule has 0 aliphatic carbocycles. The first-order chi connectivity index (χ1) is 9.34. The molecule has 0 amide bonds. The number of piperidine rings is 1. The Hall–Kier alpha value is -1.05. The Kier molecular flexibility index (Phi) is 4.41. The molecule has 0 atom stereocenters. The number of rotatable bonds is 3. The Bertz CT molecular complexity index is 564. The maximum absolute atomic E-state index is 13.7. The van der Waals surface area contributed by atoms with Gasteiger partial charge in [-0.15, -0.1) is 0 Å². The van der Waals surface area contributed by atoms with Crippen LogP contribution in [0.1, 0.15) is 12.8 Å². The summed E-state index contributed by atoms with van der Waals surface area (Å²) in [6, 6.07) is 2.84. The summed E-state index contributed by atoms with van der Waals surface area (Å²) in [5, 5.41) is 0. The van der Waals surface area contributed by atoms with Crippen LogP contribution in [0.3, 0.4) is 0 Å². The van der Waals surface area contributed by atoms with Crippen molar-refractivity contribution in [2.24, 2.45) is 0 Å². The zero-order valence-electron chi connectivity index (χ0n) is 11.5. The van der Waals surface area contributed by atoms with Crippen molar-refractivity contribution >= 4 is 10.0 Å². The average molecular weight is 304 g/mol. The summed E-state index contributed by atoms with van der Waals surface area (Å²) >= 11 is 0. The van der Waals surface area contributed by atoms with Crippen molar-refractivity contribution in [3.8, 4) is 0 Å². The van der Waals surface area contributed by atoms with E-state index in [1.54, 1.807) is 0 Å². The van der Waals surface area contributed by atoms with Gasteiger partial charge < -0.3 is 4.90 Å². The smallest absolute Gasteiger partial charge is 0.248 e. The second kappa shape index (κ2) is 5.75. The molecule has 0 N–H and O–H groups in total. The largest absolute Gasteiger partial charge is 0.306 e. The fourth-order valence-corrected chi connectivity index (χ4v) is 3.95. The maximum atomic E-state index is 13.7. The number of hydrogen-bond donors (Lipinski definition) is 0. The summed E-state index contributed by atoms with van der Waals surface area (Å²) in [7, 11) is -0.807. The van der Waals surface area contributed by atoms with Crippen LogP contribution >= 0.6 is 0 Å². The normalized spacial score (nSPS) is 18.6. The monoisotopic (exact) mass is 304 g/mol. The van der Waals surface area contributed by atoms with E-state index in [9.17, 15) is 17.2 Å². The van der Waals surface area contributed by atoms with Crippen molar-refractivity contribution in [1.29, 1.82) is 0 Å². The molecule has 112 valence electrons. The second-order valence-corrected chi connectivity index (χ2v) is 7.04. The highest BCUT2D eigenvalue weighted by molar-refractivity contribution is 7.89. The minimum Gasteiger partial charge on any atom is -0.306 e. The summed E-state index contributed by atoms with van der Waals surface area (Å²) in [4.78, 5) is 1.24. The predicted molar refractivity (Wildman–Crippen MR) is 71.8 cm³/mol. The summed E-state index contributed by atoms with van der Waals surface area (Å²) < 4.78 is 53.2. The minimum atomic E-state index is -4.15. The van der Waals surface area contributed by atoms with Crippen molar-refractivity contribution in [1.82, 2.24) is 9.21 Å². The Morgan fingerprint density at radius 2 is 1.70 bits per heavy atom. The van der Waals surface area contributed by atoms with E-state index in [1.165, 1.54) is 7.05 Å². The molecule has 1 aromatic rings. The highest BCUT2D eigenvalue weighted by atomic mass is 32.2. The van der Waals surface area contributed by atoms with Gasteiger partial charge in [0.15, 0.2) is 4.90 Å². The maximum Gasteiger partial charge on any atom is 0.248 e. The van der Waals surface area contributed by atoms with Gasteiger partial charge in [-0.2, -0.15) is 4.31 Å². The molecule has 0 bridgehead atoms. The van der Waals surface area contributed by atoms with Gasteiger partial charge in [0, 0.05) is 13.1 Å². The quantitative estimate of drug-likeness (QED) is 0.853. The third kappa shape index (κ3) is 2.84. The van der Waals surface area contributed by atoms with Crippen LogP contribution in [0.25, 0.3) is 0 Å². The molecule has 1 heterocycles. The van der Waals surface area contributed by atoms with Crippen LogP contribution in [0.15, 0.2) is 23.1 Å². The summed E-state index contributed by atoms with van der Waals surface area (Å²) in [6.45, 7) is 1.54. The topological polar surface area (TPSA) is 40.6 Å². The standard InChI is InChI=1S/C13H18F2N2O2S/c1-16-8-6-10(7-9-16)17(2)20(18,19)13-11(14)4-3-5-12(13)15/h3-5,10H,6-9H2,1-2H3. The van der Waals surface area contributed by atoms with E-state index in [0.717, 1.165) is 35.6 Å². The highest BCUT2D eigenvalue weighted by Gasteiger charge is 2.33. The molecule has 7 heteroatoms. The van der Waals surface area contributed by atoms with E-state index in [0.29, 0.717) is 12.8 Å². The molecule has 0 unspecified atom stereocenters. The summed E-state index contributed by atoms with van der Waals surface area (Å²) in [6.07, 6.45) is 1.31. The molecule has 1 saturated heterocycles. The number of benzene rings is 1. The van der Waals surface area contributed by atoms with E-state index in [-0.39, 0.29) is 6.04 Å². The zero-order chi connectivity index (χ0) is 14.9. The molecular weight excluding hydrogens is 286 g/mol. The summed E-state index contributed by atoms with van der Waals surface area (Å²) in [5.74, 6) is -2.10. The lowest BCUT2D eigenvalue weighted by Gasteiger charge is -2.34. The molecule has 20 heavy (non-hydrogen) atoms. The molecule has 1 aliphatic heterocycles. The van der Waals surface area contributed by atoms with Crippen molar-refractivity contribution < 1.29 is 17.2 Å². The number of sulfonamides is 1. The first kappa shape index (κ1) is 15.3. The van der Waals surface area contributed by atoms with Gasteiger partial charge in [0.1, 0.15) is 11.6 Å². The van der Waals surface area contributed by atoms with Crippen LogP contribution in [-0.4, -0.2) is 50.8 Å². The van der Waals surface area contributed by atoms with Crippen LogP contribution in [0.5, 0.6) is 0 Å². The molecule has 4 nitrogen and oxygen atoms in total. The lowest BCUT2D eigenvalue weighted by molar-refractivity contribution is 0.197. The Balaban J connectivity index is 2.30. The van der Waals surface area contributed by atoms with Gasteiger partial charge in [-0.05, 0) is 45.1 Å². The molecule has 1 fully saturated rings. The van der Waals surface area contributed by atoms with Crippen molar-refractivity contribution in [3.63, 3.8) is 0 Å². The number of hydrogen-bond acceptors (Lipinski definition) is 3. The molecule has 1 aliphatic rings. The van der Waals surface area contributed by atoms with Crippen LogP contribution in [-0.2, 0) is 10.0 Å². The first-order valence-electron chi connectivity index (χ1n) is 6.44. The van der Waals surface area contributed by atoms with E-state index < -0.39 is 26.6 Å². The molecule has 2 rings (SSSR count). The van der Waals surface area contributed by atoms with Crippen LogP contribution in [0.4, 0.5) is 8.78 Å². The van der Waals surface area contributed by atoms with Crippen molar-refractivity contribution in [3.05, 3.63) is 29.8 Å². The van der Waals surface area contributed by atoms with E-state index in [4.69, 9.17) is 0 Å². The predicted octanol–water partition coefficient (Wildman–Crippen LogP) is 1.68. The van der Waals surface area contributed by atoms with Crippen LogP contribution in [0, 0.1) is 11.6 Å². The molecule has 1 aromatic carbocycles. The van der Waals surface area contributed by atoms with Crippen LogP contribution in [0.2, 0.25) is 0 Å². The number of nitrogens with zero attached hydrogens (tertiary/aromatic N) is 2. The third-order valence-electron chi connectivity index (χ3n) is 3.76. The minimum absolute atomic E-state index is 0.227. The second-order valence-electron chi connectivity index (χ2n) is 5.11. The Labute approximate surface area is 118 Å². The lowest BCUT2D eigenvalue weighted by Crippen LogP contribution is -2.44. The first-order valence-corrected chi connectivity index (χ1v) is 7.88. The van der Waals surface area contributed by atoms with Crippen molar-refractivity contribution in [2.75, 3.05) is 27.2 Å². The van der Waals surface area contributed by atoms with Gasteiger partial charge >= 0.3 is 0 Å². The van der Waals surface area contributed by atoms with Gasteiger partial charge in [-0.25, -0.2) is 17.2 Å². The van der Waals surface area contributed by atoms with Gasteiger partial charge in [0.05, 0.1) is 0 Å². The van der Waals surface area contributed by atoms with Crippen LogP contribution < -0.4 is 0 Å². The van der Waals surface area contributed by atoms with E-state index in [2.05, 4.69) is 4.90 Å². The molecular formula is C13H18F2N2O2S. The molecule has 0 spiro atoms. The third-order valence-corrected chi connectivity index (χ3v) is 5.72. The SMILES string of the molecule is CN1CCC(N(C)S(=O)(=O)c2c(F)cccc2F)CC1. The van der Waals surface area contributed by atoms with Gasteiger partial charge in [0.2, 0.25) is 10.0 Å². The Morgan fingerprint density at radius 1 is 1.20 bits per heavy atom. The zero-order valence-corrected chi connectivity index (χ0v) is 12.3. The van der Waals surface area contributed by atoms with Gasteiger partial charge in [-0.3, -0.25) is 0 Å². The number of halogens is 2. The summed E-state index contributed by atoms with van der Waals surface area (Å²) in [5.41, 5.74) is 0. The van der Waals surface area contributed by atoms with Gasteiger partial charge in [-0.1, -0.05) is 6.07 Å². The average Bonchev–Trinajstić information content (AvgIpc) is 2.38.